The molecule has 1 heterocycles. The Bertz CT molecular complexity index is 545. The van der Waals surface area contributed by atoms with E-state index in [9.17, 15) is 0 Å². The quantitative estimate of drug-likeness (QED) is 0.895. The summed E-state index contributed by atoms with van der Waals surface area (Å²) in [5.41, 5.74) is 4.01. The van der Waals surface area contributed by atoms with Gasteiger partial charge in [0.05, 0.1) is 0 Å². The van der Waals surface area contributed by atoms with Gasteiger partial charge in [-0.3, -0.25) is 4.68 Å². The SMILES string of the molecule is Cc1ccc(C)c(C(C)NCCc2ncn(C)n2)c1. The first-order chi connectivity index (χ1) is 9.06. The molecule has 4 nitrogen and oxygen atoms in total. The normalized spacial score (nSPS) is 12.6. The maximum Gasteiger partial charge on any atom is 0.151 e. The van der Waals surface area contributed by atoms with Crippen molar-refractivity contribution in [2.24, 2.45) is 7.05 Å². The molecule has 0 aliphatic rings. The molecule has 0 fully saturated rings. The third-order valence-electron chi connectivity index (χ3n) is 3.35. The topological polar surface area (TPSA) is 42.7 Å². The first-order valence-corrected chi connectivity index (χ1v) is 6.71. The Morgan fingerprint density at radius 1 is 1.32 bits per heavy atom. The second-order valence-corrected chi connectivity index (χ2v) is 5.12. The summed E-state index contributed by atoms with van der Waals surface area (Å²) < 4.78 is 1.74. The van der Waals surface area contributed by atoms with Crippen LogP contribution in [0.15, 0.2) is 24.5 Å². The van der Waals surface area contributed by atoms with Gasteiger partial charge < -0.3 is 5.32 Å². The summed E-state index contributed by atoms with van der Waals surface area (Å²) in [5, 5.41) is 7.81. The van der Waals surface area contributed by atoms with Crippen molar-refractivity contribution < 1.29 is 0 Å². The molecule has 1 aromatic carbocycles. The predicted molar refractivity (Wildman–Crippen MR) is 77.0 cm³/mol. The van der Waals surface area contributed by atoms with Crippen LogP contribution in [0.25, 0.3) is 0 Å². The maximum atomic E-state index is 4.28. The summed E-state index contributed by atoms with van der Waals surface area (Å²) in [6, 6.07) is 6.95. The minimum absolute atomic E-state index is 0.351. The summed E-state index contributed by atoms with van der Waals surface area (Å²) >= 11 is 0. The zero-order chi connectivity index (χ0) is 13.8. The lowest BCUT2D eigenvalue weighted by molar-refractivity contribution is 0.566. The Morgan fingerprint density at radius 2 is 2.11 bits per heavy atom. The van der Waals surface area contributed by atoms with Crippen LogP contribution in [0.3, 0.4) is 0 Å². The van der Waals surface area contributed by atoms with E-state index in [0.29, 0.717) is 6.04 Å². The third-order valence-corrected chi connectivity index (χ3v) is 3.35. The Morgan fingerprint density at radius 3 is 2.79 bits per heavy atom. The van der Waals surface area contributed by atoms with Gasteiger partial charge in [-0.05, 0) is 31.9 Å². The molecular formula is C15H22N4. The van der Waals surface area contributed by atoms with Crippen LogP contribution in [-0.2, 0) is 13.5 Å². The average molecular weight is 258 g/mol. The van der Waals surface area contributed by atoms with E-state index in [1.165, 1.54) is 16.7 Å². The molecule has 0 aliphatic heterocycles. The highest BCUT2D eigenvalue weighted by atomic mass is 15.3. The highest BCUT2D eigenvalue weighted by Gasteiger charge is 2.08. The van der Waals surface area contributed by atoms with Crippen LogP contribution in [0.2, 0.25) is 0 Å². The molecule has 0 amide bonds. The van der Waals surface area contributed by atoms with E-state index in [2.05, 4.69) is 54.4 Å². The molecule has 0 bridgehead atoms. The minimum Gasteiger partial charge on any atom is -0.310 e. The van der Waals surface area contributed by atoms with E-state index in [4.69, 9.17) is 0 Å². The summed E-state index contributed by atoms with van der Waals surface area (Å²) in [5.74, 6) is 0.892. The fourth-order valence-electron chi connectivity index (χ4n) is 2.24. The summed E-state index contributed by atoms with van der Waals surface area (Å²) in [4.78, 5) is 4.23. The summed E-state index contributed by atoms with van der Waals surface area (Å²) in [6.07, 6.45) is 2.60. The molecule has 2 rings (SSSR count). The summed E-state index contributed by atoms with van der Waals surface area (Å²) in [6.45, 7) is 7.38. The molecule has 0 saturated heterocycles. The maximum absolute atomic E-state index is 4.28. The van der Waals surface area contributed by atoms with Crippen molar-refractivity contribution in [2.75, 3.05) is 6.54 Å². The Balaban J connectivity index is 1.90. The van der Waals surface area contributed by atoms with Crippen LogP contribution in [0.1, 0.15) is 35.5 Å². The van der Waals surface area contributed by atoms with Crippen LogP contribution in [0.5, 0.6) is 0 Å². The molecule has 0 saturated carbocycles. The Labute approximate surface area is 114 Å². The van der Waals surface area contributed by atoms with Gasteiger partial charge in [-0.1, -0.05) is 23.8 Å². The second-order valence-electron chi connectivity index (χ2n) is 5.12. The third kappa shape index (κ3) is 3.64. The van der Waals surface area contributed by atoms with Crippen LogP contribution in [-0.4, -0.2) is 21.3 Å². The fraction of sp³-hybridized carbons (Fsp3) is 0.467. The molecule has 2 aromatic rings. The molecule has 4 heteroatoms. The van der Waals surface area contributed by atoms with Gasteiger partial charge in [0.15, 0.2) is 5.82 Å². The number of nitrogens with one attached hydrogen (secondary N) is 1. The zero-order valence-corrected chi connectivity index (χ0v) is 12.1. The van der Waals surface area contributed by atoms with E-state index < -0.39 is 0 Å². The van der Waals surface area contributed by atoms with Crippen molar-refractivity contribution in [3.63, 3.8) is 0 Å². The number of rotatable bonds is 5. The van der Waals surface area contributed by atoms with Crippen molar-refractivity contribution in [3.05, 3.63) is 47.0 Å². The van der Waals surface area contributed by atoms with Crippen molar-refractivity contribution in [1.29, 1.82) is 0 Å². The number of hydrogen-bond donors (Lipinski definition) is 1. The number of hydrogen-bond acceptors (Lipinski definition) is 3. The van der Waals surface area contributed by atoms with E-state index in [0.717, 1.165) is 18.8 Å². The van der Waals surface area contributed by atoms with Crippen LogP contribution in [0, 0.1) is 13.8 Å². The van der Waals surface area contributed by atoms with Crippen LogP contribution < -0.4 is 5.32 Å². The molecule has 1 unspecified atom stereocenters. The second kappa shape index (κ2) is 5.97. The molecule has 102 valence electrons. The lowest BCUT2D eigenvalue weighted by Gasteiger charge is -2.17. The largest absolute Gasteiger partial charge is 0.310 e. The zero-order valence-electron chi connectivity index (χ0n) is 12.1. The molecule has 1 atom stereocenters. The Kier molecular flexibility index (Phi) is 4.32. The monoisotopic (exact) mass is 258 g/mol. The number of nitrogens with zero attached hydrogens (tertiary/aromatic N) is 3. The van der Waals surface area contributed by atoms with Crippen LogP contribution >= 0.6 is 0 Å². The summed E-state index contributed by atoms with van der Waals surface area (Å²) in [7, 11) is 1.89. The van der Waals surface area contributed by atoms with Gasteiger partial charge >= 0.3 is 0 Å². The van der Waals surface area contributed by atoms with Gasteiger partial charge in [-0.15, -0.1) is 0 Å². The van der Waals surface area contributed by atoms with E-state index in [1.807, 2.05) is 7.05 Å². The molecular weight excluding hydrogens is 236 g/mol. The first kappa shape index (κ1) is 13.7. The molecule has 19 heavy (non-hydrogen) atoms. The Hall–Kier alpha value is -1.68. The molecule has 0 radical (unpaired) electrons. The smallest absolute Gasteiger partial charge is 0.151 e. The molecule has 1 aromatic heterocycles. The van der Waals surface area contributed by atoms with Gasteiger partial charge in [0, 0.05) is 26.1 Å². The molecule has 0 spiro atoms. The molecule has 0 aliphatic carbocycles. The van der Waals surface area contributed by atoms with Crippen LogP contribution in [0.4, 0.5) is 0 Å². The van der Waals surface area contributed by atoms with Crippen molar-refractivity contribution in [1.82, 2.24) is 20.1 Å². The first-order valence-electron chi connectivity index (χ1n) is 6.71. The van der Waals surface area contributed by atoms with Crippen molar-refractivity contribution in [3.8, 4) is 0 Å². The standard InChI is InChI=1S/C15H22N4/c1-11-5-6-12(2)14(9-11)13(3)16-8-7-15-17-10-19(4)18-15/h5-6,9-10,13,16H,7-8H2,1-4H3. The minimum atomic E-state index is 0.351. The number of aromatic nitrogens is 3. The van der Waals surface area contributed by atoms with E-state index >= 15 is 0 Å². The highest BCUT2D eigenvalue weighted by molar-refractivity contribution is 5.32. The fourth-order valence-corrected chi connectivity index (χ4v) is 2.24. The van der Waals surface area contributed by atoms with Crippen molar-refractivity contribution >= 4 is 0 Å². The number of aryl methyl sites for hydroxylation is 3. The average Bonchev–Trinajstić information content (AvgIpc) is 2.78. The van der Waals surface area contributed by atoms with Gasteiger partial charge in [0.25, 0.3) is 0 Å². The van der Waals surface area contributed by atoms with Crippen molar-refractivity contribution in [2.45, 2.75) is 33.2 Å². The van der Waals surface area contributed by atoms with Gasteiger partial charge in [-0.25, -0.2) is 4.98 Å². The van der Waals surface area contributed by atoms with Gasteiger partial charge in [0.1, 0.15) is 6.33 Å². The van der Waals surface area contributed by atoms with E-state index in [1.54, 1.807) is 11.0 Å². The van der Waals surface area contributed by atoms with E-state index in [-0.39, 0.29) is 0 Å². The predicted octanol–water partition coefficient (Wildman–Crippen LogP) is 2.33. The van der Waals surface area contributed by atoms with Gasteiger partial charge in [-0.2, -0.15) is 5.10 Å². The highest BCUT2D eigenvalue weighted by Crippen LogP contribution is 2.18. The number of benzene rings is 1. The lowest BCUT2D eigenvalue weighted by Crippen LogP contribution is -2.22. The lowest BCUT2D eigenvalue weighted by atomic mass is 10.00. The molecule has 1 N–H and O–H groups in total. The van der Waals surface area contributed by atoms with Gasteiger partial charge in [0.2, 0.25) is 0 Å².